The van der Waals surface area contributed by atoms with Crippen LogP contribution in [-0.2, 0) is 11.2 Å². The standard InChI is InChI=1S/C17H16N2O3S/c1-3-12-9-13-15(23-12)18-14(11-7-5-4-6-8-11)19(16(13)20)10(2)17(21)22/h4-10H,3H2,1-2H3,(H,21,22). The quantitative estimate of drug-likeness (QED) is 0.797. The topological polar surface area (TPSA) is 72.2 Å². The van der Waals surface area contributed by atoms with Crippen molar-refractivity contribution in [2.45, 2.75) is 26.3 Å². The number of benzene rings is 1. The number of carbonyl (C=O) groups is 1. The second kappa shape index (κ2) is 5.96. The van der Waals surface area contributed by atoms with Crippen LogP contribution in [0.5, 0.6) is 0 Å². The summed E-state index contributed by atoms with van der Waals surface area (Å²) in [5.74, 6) is -0.668. The second-order valence-corrected chi connectivity index (χ2v) is 6.39. The number of aliphatic carboxylic acids is 1. The van der Waals surface area contributed by atoms with E-state index in [4.69, 9.17) is 0 Å². The van der Waals surface area contributed by atoms with E-state index in [0.29, 0.717) is 16.0 Å². The average Bonchev–Trinajstić information content (AvgIpc) is 2.98. The van der Waals surface area contributed by atoms with E-state index in [9.17, 15) is 14.7 Å². The monoisotopic (exact) mass is 328 g/mol. The van der Waals surface area contributed by atoms with Gasteiger partial charge in [-0.1, -0.05) is 37.3 Å². The molecule has 6 heteroatoms. The van der Waals surface area contributed by atoms with Crippen molar-refractivity contribution in [3.63, 3.8) is 0 Å². The van der Waals surface area contributed by atoms with E-state index in [0.717, 1.165) is 16.9 Å². The summed E-state index contributed by atoms with van der Waals surface area (Å²) >= 11 is 1.48. The van der Waals surface area contributed by atoms with Crippen LogP contribution >= 0.6 is 11.3 Å². The molecule has 1 atom stereocenters. The molecule has 1 aromatic carbocycles. The SMILES string of the molecule is CCc1cc2c(=O)n(C(C)C(=O)O)c(-c3ccccc3)nc2s1. The molecule has 23 heavy (non-hydrogen) atoms. The Morgan fingerprint density at radius 3 is 2.65 bits per heavy atom. The van der Waals surface area contributed by atoms with Crippen LogP contribution in [0.2, 0.25) is 0 Å². The number of carboxylic acids is 1. The molecule has 0 aliphatic rings. The van der Waals surface area contributed by atoms with Crippen LogP contribution in [-0.4, -0.2) is 20.6 Å². The van der Waals surface area contributed by atoms with Crippen molar-refractivity contribution in [1.82, 2.24) is 9.55 Å². The molecule has 3 aromatic rings. The Labute approximate surface area is 136 Å². The fraction of sp³-hybridized carbons (Fsp3) is 0.235. The molecule has 5 nitrogen and oxygen atoms in total. The van der Waals surface area contributed by atoms with Gasteiger partial charge in [0.1, 0.15) is 16.7 Å². The van der Waals surface area contributed by atoms with Gasteiger partial charge < -0.3 is 5.11 Å². The summed E-state index contributed by atoms with van der Waals surface area (Å²) in [6.45, 7) is 3.51. The highest BCUT2D eigenvalue weighted by molar-refractivity contribution is 7.18. The highest BCUT2D eigenvalue weighted by Gasteiger charge is 2.22. The Morgan fingerprint density at radius 2 is 2.04 bits per heavy atom. The van der Waals surface area contributed by atoms with Gasteiger partial charge in [-0.25, -0.2) is 9.78 Å². The molecule has 118 valence electrons. The van der Waals surface area contributed by atoms with E-state index >= 15 is 0 Å². The van der Waals surface area contributed by atoms with Crippen molar-refractivity contribution >= 4 is 27.5 Å². The third-order valence-corrected chi connectivity index (χ3v) is 4.95. The predicted octanol–water partition coefficient (Wildman–Crippen LogP) is 3.33. The highest BCUT2D eigenvalue weighted by Crippen LogP contribution is 2.27. The Hall–Kier alpha value is -2.47. The molecular weight excluding hydrogens is 312 g/mol. The summed E-state index contributed by atoms with van der Waals surface area (Å²) < 4.78 is 1.27. The first-order valence-electron chi connectivity index (χ1n) is 7.36. The zero-order chi connectivity index (χ0) is 16.6. The predicted molar refractivity (Wildman–Crippen MR) is 91.0 cm³/mol. The van der Waals surface area contributed by atoms with Crippen molar-refractivity contribution in [2.24, 2.45) is 0 Å². The van der Waals surface area contributed by atoms with Gasteiger partial charge in [-0.3, -0.25) is 9.36 Å². The zero-order valence-electron chi connectivity index (χ0n) is 12.8. The number of hydrogen-bond acceptors (Lipinski definition) is 4. The lowest BCUT2D eigenvalue weighted by molar-refractivity contribution is -0.140. The fourth-order valence-corrected chi connectivity index (χ4v) is 3.44. The molecule has 0 radical (unpaired) electrons. The zero-order valence-corrected chi connectivity index (χ0v) is 13.6. The molecule has 0 fully saturated rings. The van der Waals surface area contributed by atoms with Gasteiger partial charge in [0.15, 0.2) is 0 Å². The maximum absolute atomic E-state index is 12.9. The van der Waals surface area contributed by atoms with Crippen molar-refractivity contribution in [3.05, 3.63) is 51.6 Å². The smallest absolute Gasteiger partial charge is 0.326 e. The van der Waals surface area contributed by atoms with Crippen molar-refractivity contribution in [2.75, 3.05) is 0 Å². The van der Waals surface area contributed by atoms with E-state index in [1.54, 1.807) is 0 Å². The van der Waals surface area contributed by atoms with Gasteiger partial charge in [0.2, 0.25) is 0 Å². The third-order valence-electron chi connectivity index (χ3n) is 3.77. The van der Waals surface area contributed by atoms with Gasteiger partial charge in [0, 0.05) is 10.4 Å². The number of thiophene rings is 1. The molecule has 0 amide bonds. The van der Waals surface area contributed by atoms with Crippen LogP contribution in [0.25, 0.3) is 21.6 Å². The molecule has 2 aromatic heterocycles. The molecule has 0 aliphatic heterocycles. The maximum Gasteiger partial charge on any atom is 0.326 e. The van der Waals surface area contributed by atoms with E-state index in [2.05, 4.69) is 4.98 Å². The van der Waals surface area contributed by atoms with Crippen molar-refractivity contribution in [3.8, 4) is 11.4 Å². The summed E-state index contributed by atoms with van der Waals surface area (Å²) in [4.78, 5) is 30.6. The summed E-state index contributed by atoms with van der Waals surface area (Å²) in [6, 6.07) is 10.0. The van der Waals surface area contributed by atoms with Crippen LogP contribution in [0.1, 0.15) is 24.8 Å². The molecule has 1 unspecified atom stereocenters. The molecule has 3 rings (SSSR count). The largest absolute Gasteiger partial charge is 0.480 e. The average molecular weight is 328 g/mol. The van der Waals surface area contributed by atoms with Crippen molar-refractivity contribution in [1.29, 1.82) is 0 Å². The summed E-state index contributed by atoms with van der Waals surface area (Å²) in [5.41, 5.74) is 0.422. The number of rotatable bonds is 4. The van der Waals surface area contributed by atoms with E-state index in [1.807, 2.05) is 43.3 Å². The van der Waals surface area contributed by atoms with Gasteiger partial charge in [-0.05, 0) is 19.4 Å². The van der Waals surface area contributed by atoms with Crippen LogP contribution < -0.4 is 5.56 Å². The van der Waals surface area contributed by atoms with Crippen LogP contribution in [0.4, 0.5) is 0 Å². The minimum absolute atomic E-state index is 0.306. The van der Waals surface area contributed by atoms with Crippen molar-refractivity contribution < 1.29 is 9.90 Å². The minimum Gasteiger partial charge on any atom is -0.480 e. The van der Waals surface area contributed by atoms with Crippen LogP contribution in [0, 0.1) is 0 Å². The third kappa shape index (κ3) is 2.66. The van der Waals surface area contributed by atoms with Crippen LogP contribution in [0.15, 0.2) is 41.2 Å². The Morgan fingerprint density at radius 1 is 1.35 bits per heavy atom. The fourth-order valence-electron chi connectivity index (χ4n) is 2.48. The molecule has 2 heterocycles. The first kappa shape index (κ1) is 15.4. The molecular formula is C17H16N2O3S. The Kier molecular flexibility index (Phi) is 4.00. The summed E-state index contributed by atoms with van der Waals surface area (Å²) in [7, 11) is 0. The van der Waals surface area contributed by atoms with E-state index in [1.165, 1.54) is 22.8 Å². The number of hydrogen-bond donors (Lipinski definition) is 1. The number of aromatic nitrogens is 2. The molecule has 0 aliphatic carbocycles. The molecule has 1 N–H and O–H groups in total. The van der Waals surface area contributed by atoms with Crippen LogP contribution in [0.3, 0.4) is 0 Å². The van der Waals surface area contributed by atoms with Gasteiger partial charge in [-0.15, -0.1) is 11.3 Å². The lowest BCUT2D eigenvalue weighted by atomic mass is 10.2. The normalized spacial score (nSPS) is 12.4. The Bertz CT molecular complexity index is 928. The molecule has 0 spiro atoms. The Balaban J connectivity index is 2.38. The van der Waals surface area contributed by atoms with Gasteiger partial charge in [0.25, 0.3) is 5.56 Å². The van der Waals surface area contributed by atoms with E-state index < -0.39 is 12.0 Å². The van der Waals surface area contributed by atoms with Gasteiger partial charge in [-0.2, -0.15) is 0 Å². The van der Waals surface area contributed by atoms with Gasteiger partial charge in [0.05, 0.1) is 5.39 Å². The number of carboxylic acid groups (broad SMARTS) is 1. The van der Waals surface area contributed by atoms with E-state index in [-0.39, 0.29) is 5.56 Å². The molecule has 0 bridgehead atoms. The molecule has 0 saturated heterocycles. The summed E-state index contributed by atoms with van der Waals surface area (Å²) in [5, 5.41) is 9.86. The highest BCUT2D eigenvalue weighted by atomic mass is 32.1. The number of fused-ring (bicyclic) bond motifs is 1. The molecule has 0 saturated carbocycles. The second-order valence-electron chi connectivity index (χ2n) is 5.28. The maximum atomic E-state index is 12.9. The lowest BCUT2D eigenvalue weighted by Crippen LogP contribution is -2.30. The summed E-state index contributed by atoms with van der Waals surface area (Å²) in [6.07, 6.45) is 0.815. The first-order valence-corrected chi connectivity index (χ1v) is 8.17. The number of nitrogens with zero attached hydrogens (tertiary/aromatic N) is 2. The minimum atomic E-state index is -1.06. The number of aryl methyl sites for hydroxylation is 1. The van der Waals surface area contributed by atoms with Gasteiger partial charge >= 0.3 is 5.97 Å². The first-order chi connectivity index (χ1) is 11.0. The lowest BCUT2D eigenvalue weighted by Gasteiger charge is -2.16.